The van der Waals surface area contributed by atoms with Gasteiger partial charge in [-0.15, -0.1) is 0 Å². The normalized spacial score (nSPS) is 11.5. The van der Waals surface area contributed by atoms with Crippen molar-refractivity contribution in [3.8, 4) is 0 Å². The third kappa shape index (κ3) is 3.02. The Labute approximate surface area is 98.2 Å². The lowest BCUT2D eigenvalue weighted by Crippen LogP contribution is -2.33. The van der Waals surface area contributed by atoms with Crippen molar-refractivity contribution in [1.82, 2.24) is 4.98 Å². The number of amides is 1. The molecule has 0 radical (unpaired) electrons. The lowest BCUT2D eigenvalue weighted by Gasteiger charge is -2.19. The van der Waals surface area contributed by atoms with Gasteiger partial charge in [0.2, 0.25) is 5.91 Å². The fourth-order valence-corrected chi connectivity index (χ4v) is 1.45. The molecule has 0 aliphatic rings. The van der Waals surface area contributed by atoms with Crippen molar-refractivity contribution in [3.63, 3.8) is 0 Å². The number of aryl methyl sites for hydroxylation is 1. The Bertz CT molecular complexity index is 388. The van der Waals surface area contributed by atoms with Crippen LogP contribution in [-0.2, 0) is 11.2 Å². The van der Waals surface area contributed by atoms with Crippen LogP contribution in [0.2, 0.25) is 0 Å². The van der Waals surface area contributed by atoms with Crippen LogP contribution in [0.1, 0.15) is 25.1 Å². The summed E-state index contributed by atoms with van der Waals surface area (Å²) >= 11 is 3.38. The molecule has 3 nitrogen and oxygen atoms in total. The molecule has 15 heavy (non-hydrogen) atoms. The van der Waals surface area contributed by atoms with E-state index in [0.29, 0.717) is 6.42 Å². The molecule has 0 aliphatic heterocycles. The second kappa shape index (κ2) is 4.31. The average Bonchev–Trinajstić information content (AvgIpc) is 2.10. The van der Waals surface area contributed by atoms with Crippen molar-refractivity contribution in [3.05, 3.63) is 28.0 Å². The third-order valence-corrected chi connectivity index (χ3v) is 3.22. The number of halogens is 1. The number of nitrogens with zero attached hydrogens (tertiary/aromatic N) is 1. The summed E-state index contributed by atoms with van der Waals surface area (Å²) < 4.78 is 0.975. The minimum Gasteiger partial charge on any atom is -0.369 e. The van der Waals surface area contributed by atoms with E-state index in [4.69, 9.17) is 5.73 Å². The summed E-state index contributed by atoms with van der Waals surface area (Å²) in [5.41, 5.74) is 6.76. The first-order chi connectivity index (χ1) is 6.83. The number of hydrogen-bond acceptors (Lipinski definition) is 2. The van der Waals surface area contributed by atoms with Crippen molar-refractivity contribution in [2.75, 3.05) is 0 Å². The van der Waals surface area contributed by atoms with Gasteiger partial charge in [0.05, 0.1) is 0 Å². The second-order valence-corrected chi connectivity index (χ2v) is 5.20. The van der Waals surface area contributed by atoms with Crippen LogP contribution in [0.15, 0.2) is 16.7 Å². The Kier molecular flexibility index (Phi) is 3.50. The Morgan fingerprint density at radius 1 is 1.60 bits per heavy atom. The van der Waals surface area contributed by atoms with Gasteiger partial charge in [-0.1, -0.05) is 13.8 Å². The summed E-state index contributed by atoms with van der Waals surface area (Å²) in [6.45, 7) is 5.65. The van der Waals surface area contributed by atoms with Gasteiger partial charge >= 0.3 is 0 Å². The molecule has 1 aromatic heterocycles. The lowest BCUT2D eigenvalue weighted by molar-refractivity contribution is -0.125. The van der Waals surface area contributed by atoms with Crippen molar-refractivity contribution in [2.24, 2.45) is 11.1 Å². The zero-order valence-electron chi connectivity index (χ0n) is 9.17. The number of rotatable bonds is 3. The van der Waals surface area contributed by atoms with Crippen molar-refractivity contribution in [2.45, 2.75) is 27.2 Å². The summed E-state index contributed by atoms with van der Waals surface area (Å²) in [6, 6.07) is 1.97. The molecule has 4 heteroatoms. The molecule has 82 valence electrons. The first-order valence-corrected chi connectivity index (χ1v) is 5.53. The van der Waals surface area contributed by atoms with Gasteiger partial charge in [0, 0.05) is 28.2 Å². The van der Waals surface area contributed by atoms with E-state index in [1.807, 2.05) is 26.8 Å². The van der Waals surface area contributed by atoms with Gasteiger partial charge < -0.3 is 5.73 Å². The Morgan fingerprint density at radius 3 is 2.67 bits per heavy atom. The molecule has 1 aromatic rings. The van der Waals surface area contributed by atoms with Crippen LogP contribution in [0.3, 0.4) is 0 Å². The molecule has 2 N–H and O–H groups in total. The molecule has 1 heterocycles. The molecule has 0 saturated carbocycles. The first-order valence-electron chi connectivity index (χ1n) is 4.74. The fourth-order valence-electron chi connectivity index (χ4n) is 1.23. The van der Waals surface area contributed by atoms with E-state index < -0.39 is 5.41 Å². The summed E-state index contributed by atoms with van der Waals surface area (Å²) in [4.78, 5) is 15.4. The topological polar surface area (TPSA) is 56.0 Å². The van der Waals surface area contributed by atoms with Crippen LogP contribution < -0.4 is 5.73 Å². The number of hydrogen-bond donors (Lipinski definition) is 1. The van der Waals surface area contributed by atoms with Crippen molar-refractivity contribution < 1.29 is 4.79 Å². The van der Waals surface area contributed by atoms with Crippen LogP contribution in [0.25, 0.3) is 0 Å². The summed E-state index contributed by atoms with van der Waals surface area (Å²) in [5, 5.41) is 0. The van der Waals surface area contributed by atoms with E-state index >= 15 is 0 Å². The van der Waals surface area contributed by atoms with E-state index in [-0.39, 0.29) is 5.91 Å². The predicted octanol–water partition coefficient (Wildman–Crippen LogP) is 2.21. The molecule has 1 rings (SSSR count). The summed E-state index contributed by atoms with van der Waals surface area (Å²) in [7, 11) is 0. The molecule has 0 saturated heterocycles. The summed E-state index contributed by atoms with van der Waals surface area (Å²) in [6.07, 6.45) is 2.32. The Morgan fingerprint density at radius 2 is 2.20 bits per heavy atom. The van der Waals surface area contributed by atoms with Gasteiger partial charge in [-0.3, -0.25) is 9.78 Å². The molecule has 0 atom stereocenters. The Balaban J connectivity index is 2.91. The maximum absolute atomic E-state index is 11.2. The van der Waals surface area contributed by atoms with Gasteiger partial charge in [-0.2, -0.15) is 0 Å². The van der Waals surface area contributed by atoms with Gasteiger partial charge in [-0.05, 0) is 34.5 Å². The van der Waals surface area contributed by atoms with Crippen LogP contribution in [0.4, 0.5) is 0 Å². The van der Waals surface area contributed by atoms with Crippen LogP contribution in [0, 0.1) is 12.3 Å². The SMILES string of the molecule is Cc1cc(CC(C)(C)C(N)=O)ncc1Br. The molecule has 0 aromatic carbocycles. The van der Waals surface area contributed by atoms with Gasteiger partial charge in [0.15, 0.2) is 0 Å². The number of carbonyl (C=O) groups excluding carboxylic acids is 1. The minimum absolute atomic E-state index is 0.301. The standard InChI is InChI=1S/C11H15BrN2O/c1-7-4-8(14-6-9(7)12)5-11(2,3)10(13)15/h4,6H,5H2,1-3H3,(H2,13,15). The molecule has 0 aliphatic carbocycles. The quantitative estimate of drug-likeness (QED) is 0.916. The molecule has 0 fully saturated rings. The highest BCUT2D eigenvalue weighted by Crippen LogP contribution is 2.22. The van der Waals surface area contributed by atoms with Gasteiger partial charge in [-0.25, -0.2) is 0 Å². The average molecular weight is 271 g/mol. The third-order valence-electron chi connectivity index (χ3n) is 2.39. The molecule has 1 amide bonds. The molecule has 0 bridgehead atoms. The van der Waals surface area contributed by atoms with E-state index in [1.54, 1.807) is 6.20 Å². The summed E-state index contributed by atoms with van der Waals surface area (Å²) in [5.74, 6) is -0.301. The smallest absolute Gasteiger partial charge is 0.223 e. The highest BCUT2D eigenvalue weighted by atomic mass is 79.9. The zero-order valence-corrected chi connectivity index (χ0v) is 10.8. The number of pyridine rings is 1. The highest BCUT2D eigenvalue weighted by molar-refractivity contribution is 9.10. The monoisotopic (exact) mass is 270 g/mol. The maximum atomic E-state index is 11.2. The lowest BCUT2D eigenvalue weighted by atomic mass is 9.87. The molecule has 0 spiro atoms. The molecule has 0 unspecified atom stereocenters. The van der Waals surface area contributed by atoms with Gasteiger partial charge in [0.25, 0.3) is 0 Å². The van der Waals surface area contributed by atoms with Crippen molar-refractivity contribution in [1.29, 1.82) is 0 Å². The van der Waals surface area contributed by atoms with Crippen LogP contribution >= 0.6 is 15.9 Å². The number of nitrogens with two attached hydrogens (primary N) is 1. The number of aromatic nitrogens is 1. The van der Waals surface area contributed by atoms with E-state index in [9.17, 15) is 4.79 Å². The Hall–Kier alpha value is -0.900. The first kappa shape index (κ1) is 12.2. The zero-order chi connectivity index (χ0) is 11.6. The number of carbonyl (C=O) groups is 1. The largest absolute Gasteiger partial charge is 0.369 e. The van der Waals surface area contributed by atoms with E-state index in [0.717, 1.165) is 15.7 Å². The number of primary amides is 1. The maximum Gasteiger partial charge on any atom is 0.223 e. The predicted molar refractivity (Wildman–Crippen MR) is 63.4 cm³/mol. The van der Waals surface area contributed by atoms with Crippen LogP contribution in [0.5, 0.6) is 0 Å². The molecular weight excluding hydrogens is 256 g/mol. The van der Waals surface area contributed by atoms with E-state index in [2.05, 4.69) is 20.9 Å². The minimum atomic E-state index is -0.548. The van der Waals surface area contributed by atoms with Crippen molar-refractivity contribution >= 4 is 21.8 Å². The fraction of sp³-hybridized carbons (Fsp3) is 0.455. The van der Waals surface area contributed by atoms with Gasteiger partial charge in [0.1, 0.15) is 0 Å². The second-order valence-electron chi connectivity index (χ2n) is 4.35. The highest BCUT2D eigenvalue weighted by Gasteiger charge is 2.25. The van der Waals surface area contributed by atoms with Crippen LogP contribution in [-0.4, -0.2) is 10.9 Å². The molecular formula is C11H15BrN2O. The van der Waals surface area contributed by atoms with E-state index in [1.165, 1.54) is 0 Å².